The second-order valence-electron chi connectivity index (χ2n) is 10.4. The summed E-state index contributed by atoms with van der Waals surface area (Å²) in [5, 5.41) is 15.6. The molecule has 0 bridgehead atoms. The van der Waals surface area contributed by atoms with E-state index in [-0.39, 0.29) is 17.9 Å². The molecule has 2 N–H and O–H groups in total. The highest BCUT2D eigenvalue weighted by Crippen LogP contribution is 2.40. The van der Waals surface area contributed by atoms with Crippen molar-refractivity contribution in [1.82, 2.24) is 25.4 Å². The van der Waals surface area contributed by atoms with Crippen LogP contribution in [0.3, 0.4) is 0 Å². The van der Waals surface area contributed by atoms with Crippen molar-refractivity contribution in [3.05, 3.63) is 35.8 Å². The summed E-state index contributed by atoms with van der Waals surface area (Å²) < 4.78 is 11.4. The fraction of sp³-hybridized carbons (Fsp3) is 0.680. The van der Waals surface area contributed by atoms with Crippen molar-refractivity contribution >= 4 is 11.6 Å². The van der Waals surface area contributed by atoms with Gasteiger partial charge in [0.1, 0.15) is 0 Å². The molecule has 1 saturated heterocycles. The summed E-state index contributed by atoms with van der Waals surface area (Å²) in [7, 11) is 1.75. The molecule has 184 valence electrons. The topological polar surface area (TPSA) is 105 Å². The molecule has 1 aliphatic heterocycles. The maximum atomic E-state index is 13.9. The van der Waals surface area contributed by atoms with Crippen molar-refractivity contribution < 1.29 is 13.9 Å². The van der Waals surface area contributed by atoms with E-state index in [9.17, 15) is 4.79 Å². The highest BCUT2D eigenvalue weighted by Gasteiger charge is 2.36. The zero-order valence-electron chi connectivity index (χ0n) is 20.4. The van der Waals surface area contributed by atoms with Gasteiger partial charge in [0.25, 0.3) is 5.91 Å². The molecule has 5 rings (SSSR count). The number of anilines is 1. The first-order valence-electron chi connectivity index (χ1n) is 12.6. The molecule has 1 amide bonds. The predicted molar refractivity (Wildman–Crippen MR) is 128 cm³/mol. The number of nitrogens with one attached hydrogen (secondary N) is 2. The van der Waals surface area contributed by atoms with Crippen LogP contribution in [0.5, 0.6) is 0 Å². The Morgan fingerprint density at radius 1 is 1.21 bits per heavy atom. The van der Waals surface area contributed by atoms with E-state index in [1.54, 1.807) is 13.3 Å². The summed E-state index contributed by atoms with van der Waals surface area (Å²) in [6.45, 7) is 6.48. The van der Waals surface area contributed by atoms with E-state index >= 15 is 0 Å². The first-order valence-corrected chi connectivity index (χ1v) is 12.6. The second kappa shape index (κ2) is 10.00. The van der Waals surface area contributed by atoms with Gasteiger partial charge in [0.15, 0.2) is 5.69 Å². The number of rotatable bonds is 9. The van der Waals surface area contributed by atoms with Crippen LogP contribution >= 0.6 is 0 Å². The number of methoxy groups -OCH3 is 1. The normalized spacial score (nSPS) is 26.8. The van der Waals surface area contributed by atoms with Gasteiger partial charge in [-0.1, -0.05) is 13.8 Å². The largest absolute Gasteiger partial charge is 0.425 e. The van der Waals surface area contributed by atoms with E-state index in [4.69, 9.17) is 9.15 Å². The first-order chi connectivity index (χ1) is 16.5. The van der Waals surface area contributed by atoms with Crippen LogP contribution in [0.4, 0.5) is 5.69 Å². The summed E-state index contributed by atoms with van der Waals surface area (Å²) in [6, 6.07) is 4.16. The lowest BCUT2D eigenvalue weighted by molar-refractivity contribution is 0.0328. The van der Waals surface area contributed by atoms with Crippen LogP contribution < -0.4 is 10.6 Å². The van der Waals surface area contributed by atoms with Gasteiger partial charge in [-0.15, -0.1) is 10.2 Å². The average Bonchev–Trinajstić information content (AvgIpc) is 3.55. The Balaban J connectivity index is 1.32. The van der Waals surface area contributed by atoms with Gasteiger partial charge in [-0.3, -0.25) is 4.79 Å². The molecule has 34 heavy (non-hydrogen) atoms. The fourth-order valence-corrected chi connectivity index (χ4v) is 4.97. The second-order valence-corrected chi connectivity index (χ2v) is 10.4. The van der Waals surface area contributed by atoms with Gasteiger partial charge in [-0.2, -0.15) is 0 Å². The summed E-state index contributed by atoms with van der Waals surface area (Å²) in [4.78, 5) is 20.4. The molecule has 3 aliphatic rings. The number of pyridine rings is 1. The molecular formula is C25H36N6O3. The van der Waals surface area contributed by atoms with Gasteiger partial charge in [0, 0.05) is 50.9 Å². The quantitative estimate of drug-likeness (QED) is 0.578. The van der Waals surface area contributed by atoms with E-state index in [0.29, 0.717) is 42.1 Å². The van der Waals surface area contributed by atoms with Gasteiger partial charge in [-0.25, -0.2) is 4.98 Å². The molecule has 1 unspecified atom stereocenters. The number of carbonyl (C=O) groups is 1. The minimum atomic E-state index is -0.0314. The third kappa shape index (κ3) is 5.10. The molecule has 0 radical (unpaired) electrons. The van der Waals surface area contributed by atoms with Gasteiger partial charge in [0.05, 0.1) is 17.7 Å². The van der Waals surface area contributed by atoms with Crippen molar-refractivity contribution in [3.63, 3.8) is 0 Å². The lowest BCUT2D eigenvalue weighted by Gasteiger charge is -2.39. The van der Waals surface area contributed by atoms with Crippen molar-refractivity contribution in [3.8, 4) is 0 Å². The van der Waals surface area contributed by atoms with Crippen LogP contribution in [-0.4, -0.2) is 70.9 Å². The summed E-state index contributed by atoms with van der Waals surface area (Å²) in [5.41, 5.74) is 1.28. The number of hydrogen-bond donors (Lipinski definition) is 2. The van der Waals surface area contributed by atoms with Crippen LogP contribution in [0.1, 0.15) is 80.1 Å². The maximum absolute atomic E-state index is 13.9. The highest BCUT2D eigenvalue weighted by molar-refractivity contribution is 5.97. The molecule has 2 aromatic heterocycles. The van der Waals surface area contributed by atoms with E-state index in [1.807, 2.05) is 17.0 Å². The van der Waals surface area contributed by atoms with Gasteiger partial charge in [0.2, 0.25) is 11.8 Å². The number of hydrogen-bond acceptors (Lipinski definition) is 8. The van der Waals surface area contributed by atoms with Crippen LogP contribution in [0.25, 0.3) is 0 Å². The average molecular weight is 469 g/mol. The number of amides is 1. The van der Waals surface area contributed by atoms with Crippen LogP contribution in [0, 0.1) is 5.92 Å². The summed E-state index contributed by atoms with van der Waals surface area (Å²) in [6.07, 6.45) is 6.94. The highest BCUT2D eigenvalue weighted by atomic mass is 16.5. The third-order valence-corrected chi connectivity index (χ3v) is 7.12. The number of nitrogens with zero attached hydrogens (tertiary/aromatic N) is 4. The Kier molecular flexibility index (Phi) is 6.83. The fourth-order valence-electron chi connectivity index (χ4n) is 4.97. The Morgan fingerprint density at radius 2 is 1.97 bits per heavy atom. The molecule has 2 aliphatic carbocycles. The third-order valence-electron chi connectivity index (χ3n) is 7.12. The first kappa shape index (κ1) is 23.2. The Labute approximate surface area is 201 Å². The lowest BCUT2D eigenvalue weighted by atomic mass is 9.89. The molecule has 0 aromatic carbocycles. The maximum Gasteiger partial charge on any atom is 0.274 e. The zero-order chi connectivity index (χ0) is 23.7. The smallest absolute Gasteiger partial charge is 0.274 e. The summed E-state index contributed by atoms with van der Waals surface area (Å²) in [5.74, 6) is 2.30. The predicted octanol–water partition coefficient (Wildman–Crippen LogP) is 3.18. The Bertz CT molecular complexity index is 985. The number of ether oxygens (including phenoxy) is 1. The van der Waals surface area contributed by atoms with Gasteiger partial charge >= 0.3 is 0 Å². The molecule has 0 spiro atoms. The van der Waals surface area contributed by atoms with E-state index in [2.05, 4.69) is 39.7 Å². The van der Waals surface area contributed by atoms with E-state index < -0.39 is 0 Å². The van der Waals surface area contributed by atoms with E-state index in [1.165, 1.54) is 0 Å². The van der Waals surface area contributed by atoms with E-state index in [0.717, 1.165) is 56.8 Å². The molecule has 2 saturated carbocycles. The molecular weight excluding hydrogens is 432 g/mol. The molecule has 9 nitrogen and oxygen atoms in total. The monoisotopic (exact) mass is 468 g/mol. The van der Waals surface area contributed by atoms with Crippen molar-refractivity contribution in [2.45, 2.75) is 76.0 Å². The van der Waals surface area contributed by atoms with Crippen molar-refractivity contribution in [1.29, 1.82) is 0 Å². The zero-order valence-corrected chi connectivity index (χ0v) is 20.4. The molecule has 2 atom stereocenters. The van der Waals surface area contributed by atoms with Gasteiger partial charge in [-0.05, 0) is 50.2 Å². The summed E-state index contributed by atoms with van der Waals surface area (Å²) >= 11 is 0. The van der Waals surface area contributed by atoms with Crippen LogP contribution in [-0.2, 0) is 4.74 Å². The van der Waals surface area contributed by atoms with Crippen molar-refractivity contribution in [2.75, 3.05) is 32.1 Å². The number of aromatic nitrogens is 3. The molecule has 9 heteroatoms. The minimum absolute atomic E-state index is 0.0290. The van der Waals surface area contributed by atoms with Crippen LogP contribution in [0.15, 0.2) is 22.7 Å². The molecule has 2 aromatic rings. The number of carbonyl (C=O) groups excluding carboxylic acids is 1. The van der Waals surface area contributed by atoms with Gasteiger partial charge < -0.3 is 24.7 Å². The van der Waals surface area contributed by atoms with Crippen LogP contribution in [0.2, 0.25) is 0 Å². The lowest BCUT2D eigenvalue weighted by Crippen LogP contribution is -2.52. The Morgan fingerprint density at radius 3 is 2.68 bits per heavy atom. The SMILES string of the molecule is COC1CC(Nc2cccnc2C(=O)N(CC(C)C)[C@@H]2CNCC(c3nnc(C4CC4)o3)C2)C1. The number of piperidine rings is 1. The molecule has 3 fully saturated rings. The molecule has 3 heterocycles. The standard InChI is InChI=1S/C25H36N6O3/c1-15(2)14-31(19-9-17(12-26-13-19)24-30-29-23(34-24)16-6-7-16)25(32)22-21(5-4-8-27-22)28-18-10-20(11-18)33-3/h4-5,8,15-20,26,28H,6-7,9-14H2,1-3H3/t17?,18?,19-,20?/m0/s1. The van der Waals surface area contributed by atoms with Crippen molar-refractivity contribution in [2.24, 2.45) is 5.92 Å². The minimum Gasteiger partial charge on any atom is -0.425 e. The Hall–Kier alpha value is -2.52.